The molecule has 0 bridgehead atoms. The number of nitrogens with one attached hydrogen (secondary N) is 2. The number of rotatable bonds is 5. The number of nitrogens with zero attached hydrogens (tertiary/aromatic N) is 1. The largest absolute Gasteiger partial charge is 0.340 e. The maximum absolute atomic E-state index is 12.4. The first-order valence-electron chi connectivity index (χ1n) is 7.93. The predicted molar refractivity (Wildman–Crippen MR) is 106 cm³/mol. The van der Waals surface area contributed by atoms with E-state index in [1.54, 1.807) is 12.1 Å². The molecule has 5 nitrogen and oxygen atoms in total. The molecule has 0 spiro atoms. The lowest BCUT2D eigenvalue weighted by Gasteiger charge is -2.12. The van der Waals surface area contributed by atoms with Crippen molar-refractivity contribution in [2.24, 2.45) is 0 Å². The quantitative estimate of drug-likeness (QED) is 0.653. The Bertz CT molecular complexity index is 1020. The lowest BCUT2D eigenvalue weighted by Crippen LogP contribution is -2.13. The van der Waals surface area contributed by atoms with Crippen LogP contribution in [0.2, 0.25) is 5.02 Å². The maximum atomic E-state index is 12.4. The van der Waals surface area contributed by atoms with Gasteiger partial charge in [0.2, 0.25) is 0 Å². The molecule has 0 amide bonds. The van der Waals surface area contributed by atoms with Crippen LogP contribution in [0.3, 0.4) is 0 Å². The first-order valence-corrected chi connectivity index (χ1v) is 9.79. The summed E-state index contributed by atoms with van der Waals surface area (Å²) in [6, 6.07) is 15.3. The van der Waals surface area contributed by atoms with Crippen molar-refractivity contribution in [2.75, 3.05) is 10.0 Å². The Morgan fingerprint density at radius 3 is 2.35 bits per heavy atom. The molecule has 2 aromatic carbocycles. The molecule has 26 heavy (non-hydrogen) atoms. The van der Waals surface area contributed by atoms with Gasteiger partial charge in [0.05, 0.1) is 16.8 Å². The van der Waals surface area contributed by atoms with Gasteiger partial charge in [-0.25, -0.2) is 13.4 Å². The van der Waals surface area contributed by atoms with E-state index >= 15 is 0 Å². The van der Waals surface area contributed by atoms with Crippen LogP contribution >= 0.6 is 11.6 Å². The van der Waals surface area contributed by atoms with Crippen molar-refractivity contribution in [3.05, 3.63) is 76.9 Å². The van der Waals surface area contributed by atoms with E-state index in [9.17, 15) is 8.42 Å². The van der Waals surface area contributed by atoms with Crippen molar-refractivity contribution in [2.45, 2.75) is 18.7 Å². The summed E-state index contributed by atoms with van der Waals surface area (Å²) in [5.74, 6) is 0.633. The third-order valence-corrected chi connectivity index (χ3v) is 5.66. The topological polar surface area (TPSA) is 71.1 Å². The molecule has 0 aliphatic rings. The van der Waals surface area contributed by atoms with E-state index in [2.05, 4.69) is 15.0 Å². The van der Waals surface area contributed by atoms with E-state index in [-0.39, 0.29) is 4.90 Å². The maximum Gasteiger partial charge on any atom is 0.261 e. The van der Waals surface area contributed by atoms with E-state index < -0.39 is 10.0 Å². The van der Waals surface area contributed by atoms with Gasteiger partial charge in [-0.05, 0) is 67.4 Å². The number of hydrogen-bond donors (Lipinski definition) is 2. The number of sulfonamides is 1. The second kappa shape index (κ2) is 7.35. The summed E-state index contributed by atoms with van der Waals surface area (Å²) in [4.78, 5) is 4.42. The van der Waals surface area contributed by atoms with E-state index in [0.717, 1.165) is 11.3 Å². The van der Waals surface area contributed by atoms with Gasteiger partial charge in [-0.1, -0.05) is 23.7 Å². The second-order valence-corrected chi connectivity index (χ2v) is 7.98. The van der Waals surface area contributed by atoms with Crippen LogP contribution in [0.15, 0.2) is 65.7 Å². The molecular formula is C19H18ClN3O2S. The predicted octanol–water partition coefficient (Wildman–Crippen LogP) is 4.90. The van der Waals surface area contributed by atoms with Crippen LogP contribution in [0, 0.1) is 13.8 Å². The molecule has 0 saturated heterocycles. The summed E-state index contributed by atoms with van der Waals surface area (Å²) >= 11 is 5.79. The fourth-order valence-corrected chi connectivity index (χ4v) is 3.55. The number of benzene rings is 2. The lowest BCUT2D eigenvalue weighted by atomic mass is 10.1. The molecule has 0 aliphatic heterocycles. The van der Waals surface area contributed by atoms with Gasteiger partial charge in [0.1, 0.15) is 5.82 Å². The number of aromatic nitrogens is 1. The van der Waals surface area contributed by atoms with Crippen molar-refractivity contribution < 1.29 is 8.42 Å². The Labute approximate surface area is 158 Å². The van der Waals surface area contributed by atoms with Gasteiger partial charge in [0.15, 0.2) is 0 Å². The standard InChI is InChI=1S/C19H18ClN3O2S/c1-13-4-3-5-18(14(13)2)22-19-11-8-16(12-21-19)23-26(24,25)17-9-6-15(20)7-10-17/h3-12,23H,1-2H3,(H,21,22). The highest BCUT2D eigenvalue weighted by molar-refractivity contribution is 7.92. The lowest BCUT2D eigenvalue weighted by molar-refractivity contribution is 0.601. The normalized spacial score (nSPS) is 11.2. The van der Waals surface area contributed by atoms with Crippen molar-refractivity contribution in [1.82, 2.24) is 4.98 Å². The zero-order valence-electron chi connectivity index (χ0n) is 14.3. The fraction of sp³-hybridized carbons (Fsp3) is 0.105. The summed E-state index contributed by atoms with van der Waals surface area (Å²) in [5.41, 5.74) is 3.67. The molecule has 0 radical (unpaired) electrons. The van der Waals surface area contributed by atoms with Crippen LogP contribution in [-0.4, -0.2) is 13.4 Å². The smallest absolute Gasteiger partial charge is 0.261 e. The summed E-state index contributed by atoms with van der Waals surface area (Å²) in [6.07, 6.45) is 1.47. The van der Waals surface area contributed by atoms with Crippen LogP contribution in [0.25, 0.3) is 0 Å². The number of pyridine rings is 1. The average Bonchev–Trinajstić information content (AvgIpc) is 2.61. The summed E-state index contributed by atoms with van der Waals surface area (Å²) in [5, 5.41) is 3.72. The van der Waals surface area contributed by atoms with Crippen molar-refractivity contribution >= 4 is 38.8 Å². The Hall–Kier alpha value is -2.57. The zero-order chi connectivity index (χ0) is 18.7. The number of hydrogen-bond acceptors (Lipinski definition) is 4. The highest BCUT2D eigenvalue weighted by Crippen LogP contribution is 2.23. The van der Waals surface area contributed by atoms with Gasteiger partial charge in [-0.15, -0.1) is 0 Å². The molecule has 0 unspecified atom stereocenters. The number of aryl methyl sites for hydroxylation is 1. The van der Waals surface area contributed by atoms with E-state index in [4.69, 9.17) is 11.6 Å². The van der Waals surface area contributed by atoms with Crippen molar-refractivity contribution in [3.8, 4) is 0 Å². The highest BCUT2D eigenvalue weighted by Gasteiger charge is 2.14. The molecule has 0 fully saturated rings. The van der Waals surface area contributed by atoms with E-state index in [1.807, 2.05) is 32.0 Å². The van der Waals surface area contributed by atoms with Gasteiger partial charge in [-0.2, -0.15) is 0 Å². The Balaban J connectivity index is 1.75. The molecule has 0 saturated carbocycles. The molecule has 0 aliphatic carbocycles. The van der Waals surface area contributed by atoms with Gasteiger partial charge in [0.25, 0.3) is 10.0 Å². The molecule has 1 heterocycles. The third kappa shape index (κ3) is 4.15. The van der Waals surface area contributed by atoms with Gasteiger partial charge >= 0.3 is 0 Å². The first kappa shape index (κ1) is 18.2. The molecule has 0 atom stereocenters. The number of halogens is 1. The molecule has 3 rings (SSSR count). The monoisotopic (exact) mass is 387 g/mol. The Morgan fingerprint density at radius 2 is 1.69 bits per heavy atom. The molecule has 1 aromatic heterocycles. The number of anilines is 3. The average molecular weight is 388 g/mol. The van der Waals surface area contributed by atoms with Gasteiger partial charge < -0.3 is 5.32 Å². The van der Waals surface area contributed by atoms with Crippen LogP contribution in [0.4, 0.5) is 17.2 Å². The minimum Gasteiger partial charge on any atom is -0.340 e. The molecular weight excluding hydrogens is 370 g/mol. The molecule has 7 heteroatoms. The zero-order valence-corrected chi connectivity index (χ0v) is 15.9. The minimum absolute atomic E-state index is 0.138. The Kier molecular flexibility index (Phi) is 5.15. The third-order valence-electron chi connectivity index (χ3n) is 4.01. The van der Waals surface area contributed by atoms with Gasteiger partial charge in [0, 0.05) is 10.7 Å². The highest BCUT2D eigenvalue weighted by atomic mass is 35.5. The molecule has 134 valence electrons. The van der Waals surface area contributed by atoms with Crippen LogP contribution in [0.5, 0.6) is 0 Å². The molecule has 3 aromatic rings. The van der Waals surface area contributed by atoms with Gasteiger partial charge in [-0.3, -0.25) is 4.72 Å². The van der Waals surface area contributed by atoms with Crippen molar-refractivity contribution in [1.29, 1.82) is 0 Å². The summed E-state index contributed by atoms with van der Waals surface area (Å²) in [6.45, 7) is 4.08. The van der Waals surface area contributed by atoms with E-state index in [1.165, 1.54) is 36.0 Å². The van der Waals surface area contributed by atoms with Crippen LogP contribution in [0.1, 0.15) is 11.1 Å². The van der Waals surface area contributed by atoms with Crippen LogP contribution in [-0.2, 0) is 10.0 Å². The first-order chi connectivity index (χ1) is 12.3. The second-order valence-electron chi connectivity index (χ2n) is 5.86. The van der Waals surface area contributed by atoms with Crippen LogP contribution < -0.4 is 10.0 Å². The fourth-order valence-electron chi connectivity index (χ4n) is 2.38. The molecule has 2 N–H and O–H groups in total. The summed E-state index contributed by atoms with van der Waals surface area (Å²) in [7, 11) is -3.68. The Morgan fingerprint density at radius 1 is 0.962 bits per heavy atom. The minimum atomic E-state index is -3.68. The SMILES string of the molecule is Cc1cccc(Nc2ccc(NS(=O)(=O)c3ccc(Cl)cc3)cn2)c1C. The van der Waals surface area contributed by atoms with E-state index in [0.29, 0.717) is 16.5 Å². The summed E-state index contributed by atoms with van der Waals surface area (Å²) < 4.78 is 27.3. The van der Waals surface area contributed by atoms with Crippen molar-refractivity contribution in [3.63, 3.8) is 0 Å².